The van der Waals surface area contributed by atoms with Crippen LogP contribution in [0.4, 0.5) is 0 Å². The molecular weight excluding hydrogens is 214 g/mol. The van der Waals surface area contributed by atoms with Crippen molar-refractivity contribution in [2.45, 2.75) is 33.1 Å². The molecule has 1 fully saturated rings. The highest BCUT2D eigenvalue weighted by Crippen LogP contribution is 2.33. The van der Waals surface area contributed by atoms with Crippen LogP contribution in [0.1, 0.15) is 33.1 Å². The lowest BCUT2D eigenvalue weighted by Gasteiger charge is -2.38. The summed E-state index contributed by atoms with van der Waals surface area (Å²) in [5.74, 6) is 0. The van der Waals surface area contributed by atoms with E-state index in [0.29, 0.717) is 5.41 Å². The molecule has 1 aliphatic heterocycles. The zero-order valence-electron chi connectivity index (χ0n) is 8.27. The zero-order valence-corrected chi connectivity index (χ0v) is 9.86. The van der Waals surface area contributed by atoms with Gasteiger partial charge in [-0.15, -0.1) is 0 Å². The van der Waals surface area contributed by atoms with E-state index in [1.807, 2.05) is 0 Å². The number of piperidine rings is 1. The van der Waals surface area contributed by atoms with Crippen molar-refractivity contribution in [2.75, 3.05) is 25.0 Å². The summed E-state index contributed by atoms with van der Waals surface area (Å²) in [6.45, 7) is 8.57. The summed E-state index contributed by atoms with van der Waals surface area (Å²) < 4.78 is 0. The highest BCUT2D eigenvalue weighted by molar-refractivity contribution is 9.09. The lowest BCUT2D eigenvalue weighted by atomic mass is 9.78. The first-order chi connectivity index (χ1) is 5.70. The fourth-order valence-electron chi connectivity index (χ4n) is 1.79. The third kappa shape index (κ3) is 2.74. The van der Waals surface area contributed by atoms with Gasteiger partial charge in [0.25, 0.3) is 0 Å². The van der Waals surface area contributed by atoms with E-state index < -0.39 is 0 Å². The Morgan fingerprint density at radius 2 is 1.92 bits per heavy atom. The van der Waals surface area contributed by atoms with Gasteiger partial charge in [-0.25, -0.2) is 0 Å². The van der Waals surface area contributed by atoms with Gasteiger partial charge in [0.2, 0.25) is 0 Å². The molecule has 0 radical (unpaired) electrons. The van der Waals surface area contributed by atoms with E-state index in [0.717, 1.165) is 5.33 Å². The normalized spacial score (nSPS) is 24.2. The largest absolute Gasteiger partial charge is 0.302 e. The molecule has 0 atom stereocenters. The summed E-state index contributed by atoms with van der Waals surface area (Å²) in [6.07, 6.45) is 4.11. The van der Waals surface area contributed by atoms with Gasteiger partial charge in [0.05, 0.1) is 0 Å². The summed E-state index contributed by atoms with van der Waals surface area (Å²) in [4.78, 5) is 2.56. The second-order valence-electron chi connectivity index (χ2n) is 4.19. The molecule has 0 saturated carbocycles. The van der Waals surface area contributed by atoms with Crippen molar-refractivity contribution < 1.29 is 0 Å². The van der Waals surface area contributed by atoms with Crippen LogP contribution in [0.2, 0.25) is 0 Å². The van der Waals surface area contributed by atoms with Crippen molar-refractivity contribution in [3.05, 3.63) is 0 Å². The van der Waals surface area contributed by atoms with Crippen molar-refractivity contribution >= 4 is 15.9 Å². The molecule has 1 rings (SSSR count). The molecule has 0 bridgehead atoms. The maximum absolute atomic E-state index is 3.49. The Hall–Kier alpha value is 0.440. The molecule has 0 aliphatic carbocycles. The molecular formula is C10H20BrN. The second kappa shape index (κ2) is 4.61. The third-order valence-electron chi connectivity index (χ3n) is 3.32. The Labute approximate surface area is 84.6 Å². The summed E-state index contributed by atoms with van der Waals surface area (Å²) in [6, 6.07) is 0. The van der Waals surface area contributed by atoms with Gasteiger partial charge in [-0.3, -0.25) is 0 Å². The van der Waals surface area contributed by atoms with Crippen molar-refractivity contribution in [3.63, 3.8) is 0 Å². The summed E-state index contributed by atoms with van der Waals surface area (Å²) in [5, 5.41) is 1.12. The van der Waals surface area contributed by atoms with Gasteiger partial charge in [-0.2, -0.15) is 0 Å². The van der Waals surface area contributed by atoms with Gasteiger partial charge in [0.1, 0.15) is 0 Å². The van der Waals surface area contributed by atoms with E-state index in [4.69, 9.17) is 0 Å². The molecule has 0 aromatic rings. The minimum atomic E-state index is 0.642. The SMILES string of the molecule is CCC1(C)CCN(CCBr)CC1. The maximum Gasteiger partial charge on any atom is 0.0159 e. The number of alkyl halides is 1. The topological polar surface area (TPSA) is 3.24 Å². The smallest absolute Gasteiger partial charge is 0.0159 e. The van der Waals surface area contributed by atoms with E-state index in [-0.39, 0.29) is 0 Å². The highest BCUT2D eigenvalue weighted by Gasteiger charge is 2.27. The summed E-state index contributed by atoms with van der Waals surface area (Å²) in [5.41, 5.74) is 0.642. The van der Waals surface area contributed by atoms with Crippen LogP contribution in [0.3, 0.4) is 0 Å². The van der Waals surface area contributed by atoms with Crippen LogP contribution in [-0.2, 0) is 0 Å². The van der Waals surface area contributed by atoms with Crippen LogP contribution < -0.4 is 0 Å². The number of likely N-dealkylation sites (tertiary alicyclic amines) is 1. The van der Waals surface area contributed by atoms with Crippen LogP contribution in [0.5, 0.6) is 0 Å². The molecule has 0 aromatic heterocycles. The van der Waals surface area contributed by atoms with Crippen LogP contribution >= 0.6 is 15.9 Å². The monoisotopic (exact) mass is 233 g/mol. The Bertz CT molecular complexity index is 128. The molecule has 1 aliphatic rings. The fraction of sp³-hybridized carbons (Fsp3) is 1.00. The molecule has 1 heterocycles. The summed E-state index contributed by atoms with van der Waals surface area (Å²) >= 11 is 3.49. The van der Waals surface area contributed by atoms with E-state index in [9.17, 15) is 0 Å². The van der Waals surface area contributed by atoms with Crippen LogP contribution in [0.15, 0.2) is 0 Å². The average Bonchev–Trinajstić information content (AvgIpc) is 2.10. The molecule has 0 aromatic carbocycles. The maximum atomic E-state index is 3.49. The fourth-order valence-corrected chi connectivity index (χ4v) is 2.29. The molecule has 1 saturated heterocycles. The Morgan fingerprint density at radius 3 is 2.33 bits per heavy atom. The van der Waals surface area contributed by atoms with Crippen molar-refractivity contribution in [1.29, 1.82) is 0 Å². The Morgan fingerprint density at radius 1 is 1.33 bits per heavy atom. The van der Waals surface area contributed by atoms with Gasteiger partial charge in [-0.05, 0) is 31.3 Å². The van der Waals surface area contributed by atoms with E-state index in [1.54, 1.807) is 0 Å². The standard InChI is InChI=1S/C10H20BrN/c1-3-10(2)4-7-12(8-5-10)9-6-11/h3-9H2,1-2H3. The predicted molar refractivity (Wildman–Crippen MR) is 57.9 cm³/mol. The number of nitrogens with zero attached hydrogens (tertiary/aromatic N) is 1. The average molecular weight is 234 g/mol. The highest BCUT2D eigenvalue weighted by atomic mass is 79.9. The minimum absolute atomic E-state index is 0.642. The van der Waals surface area contributed by atoms with Crippen LogP contribution in [0.25, 0.3) is 0 Å². The lowest BCUT2D eigenvalue weighted by Crippen LogP contribution is -2.39. The van der Waals surface area contributed by atoms with Crippen molar-refractivity contribution in [3.8, 4) is 0 Å². The molecule has 2 heteroatoms. The molecule has 0 amide bonds. The van der Waals surface area contributed by atoms with Gasteiger partial charge < -0.3 is 4.90 Å². The quantitative estimate of drug-likeness (QED) is 0.679. The number of hydrogen-bond acceptors (Lipinski definition) is 1. The second-order valence-corrected chi connectivity index (χ2v) is 4.99. The first kappa shape index (κ1) is 10.5. The van der Waals surface area contributed by atoms with E-state index in [1.165, 1.54) is 38.9 Å². The first-order valence-electron chi connectivity index (χ1n) is 4.98. The predicted octanol–water partition coefficient (Wildman–Crippen LogP) is 2.89. The van der Waals surface area contributed by atoms with Gasteiger partial charge in [-0.1, -0.05) is 36.2 Å². The van der Waals surface area contributed by atoms with E-state index in [2.05, 4.69) is 34.7 Å². The first-order valence-corrected chi connectivity index (χ1v) is 6.11. The third-order valence-corrected chi connectivity index (χ3v) is 3.67. The van der Waals surface area contributed by atoms with Gasteiger partial charge in [0, 0.05) is 11.9 Å². The molecule has 0 unspecified atom stereocenters. The number of halogens is 1. The number of hydrogen-bond donors (Lipinski definition) is 0. The van der Waals surface area contributed by atoms with Crippen LogP contribution in [0, 0.1) is 5.41 Å². The minimum Gasteiger partial charge on any atom is -0.302 e. The lowest BCUT2D eigenvalue weighted by molar-refractivity contribution is 0.120. The van der Waals surface area contributed by atoms with Gasteiger partial charge >= 0.3 is 0 Å². The molecule has 72 valence electrons. The Kier molecular flexibility index (Phi) is 4.04. The zero-order chi connectivity index (χ0) is 9.03. The van der Waals surface area contributed by atoms with Crippen molar-refractivity contribution in [1.82, 2.24) is 4.90 Å². The van der Waals surface area contributed by atoms with E-state index >= 15 is 0 Å². The summed E-state index contributed by atoms with van der Waals surface area (Å²) in [7, 11) is 0. The van der Waals surface area contributed by atoms with Gasteiger partial charge in [0.15, 0.2) is 0 Å². The molecule has 0 spiro atoms. The van der Waals surface area contributed by atoms with Crippen LogP contribution in [-0.4, -0.2) is 29.9 Å². The Balaban J connectivity index is 2.29. The molecule has 0 N–H and O–H groups in total. The van der Waals surface area contributed by atoms with Crippen molar-refractivity contribution in [2.24, 2.45) is 5.41 Å². The molecule has 1 nitrogen and oxygen atoms in total. The molecule has 12 heavy (non-hydrogen) atoms. The number of rotatable bonds is 3.